The molecule has 0 fully saturated rings. The Labute approximate surface area is 123 Å². The van der Waals surface area contributed by atoms with Crippen LogP contribution in [-0.4, -0.2) is 35.7 Å². The first-order valence-corrected chi connectivity index (χ1v) is 7.10. The number of hydrogen-bond acceptors (Lipinski definition) is 2. The zero-order valence-corrected chi connectivity index (χ0v) is 12.4. The van der Waals surface area contributed by atoms with Crippen LogP contribution in [0.3, 0.4) is 0 Å². The maximum atomic E-state index is 13.2. The van der Waals surface area contributed by atoms with Crippen molar-refractivity contribution in [1.29, 1.82) is 0 Å². The molecular formula is C15H22F2N2O2. The van der Waals surface area contributed by atoms with E-state index in [2.05, 4.69) is 5.32 Å². The molecule has 1 unspecified atom stereocenters. The molecular weight excluding hydrogens is 278 g/mol. The summed E-state index contributed by atoms with van der Waals surface area (Å²) in [5.41, 5.74) is 0.488. The fourth-order valence-electron chi connectivity index (χ4n) is 1.93. The van der Waals surface area contributed by atoms with E-state index in [-0.39, 0.29) is 19.2 Å². The molecule has 0 aliphatic heterocycles. The van der Waals surface area contributed by atoms with E-state index in [0.29, 0.717) is 12.1 Å². The molecule has 0 aliphatic rings. The highest BCUT2D eigenvalue weighted by Crippen LogP contribution is 2.16. The Morgan fingerprint density at radius 2 is 2.05 bits per heavy atom. The summed E-state index contributed by atoms with van der Waals surface area (Å²) in [5.74, 6) is -1.85. The summed E-state index contributed by atoms with van der Waals surface area (Å²) in [6, 6.07) is 2.77. The highest BCUT2D eigenvalue weighted by Gasteiger charge is 2.16. The van der Waals surface area contributed by atoms with Gasteiger partial charge in [0.05, 0.1) is 12.6 Å². The van der Waals surface area contributed by atoms with Crippen molar-refractivity contribution in [1.82, 2.24) is 10.2 Å². The van der Waals surface area contributed by atoms with Crippen LogP contribution in [0.25, 0.3) is 0 Å². The van der Waals surface area contributed by atoms with Crippen molar-refractivity contribution >= 4 is 6.03 Å². The predicted octanol–water partition coefficient (Wildman–Crippen LogP) is 2.83. The second-order valence-electron chi connectivity index (χ2n) is 4.91. The summed E-state index contributed by atoms with van der Waals surface area (Å²) in [6.07, 6.45) is 1.78. The molecule has 2 N–H and O–H groups in total. The van der Waals surface area contributed by atoms with E-state index < -0.39 is 17.7 Å². The van der Waals surface area contributed by atoms with E-state index in [1.807, 2.05) is 6.92 Å². The third-order valence-electron chi connectivity index (χ3n) is 3.22. The van der Waals surface area contributed by atoms with Crippen molar-refractivity contribution < 1.29 is 18.7 Å². The molecule has 1 atom stereocenters. The van der Waals surface area contributed by atoms with E-state index in [1.165, 1.54) is 11.0 Å². The van der Waals surface area contributed by atoms with E-state index >= 15 is 0 Å². The SMILES string of the molecule is CCCCN(CCO)C(=O)NC(C)c1ccc(F)c(F)c1. The fraction of sp³-hybridized carbons (Fsp3) is 0.533. The molecule has 6 heteroatoms. The fourth-order valence-corrected chi connectivity index (χ4v) is 1.93. The molecule has 1 aromatic carbocycles. The Balaban J connectivity index is 2.67. The number of halogens is 2. The standard InChI is InChI=1S/C15H22F2N2O2/c1-3-4-7-19(8-9-20)15(21)18-11(2)12-5-6-13(16)14(17)10-12/h5-6,10-11,20H,3-4,7-9H2,1-2H3,(H,18,21). The number of carbonyl (C=O) groups is 1. The molecule has 0 heterocycles. The van der Waals surface area contributed by atoms with Gasteiger partial charge in [0, 0.05) is 13.1 Å². The molecule has 118 valence electrons. The van der Waals surface area contributed by atoms with Crippen molar-refractivity contribution in [3.05, 3.63) is 35.4 Å². The van der Waals surface area contributed by atoms with Crippen molar-refractivity contribution in [2.24, 2.45) is 0 Å². The molecule has 0 saturated carbocycles. The van der Waals surface area contributed by atoms with E-state index in [9.17, 15) is 13.6 Å². The number of hydrogen-bond donors (Lipinski definition) is 2. The van der Waals surface area contributed by atoms with Gasteiger partial charge in [-0.3, -0.25) is 0 Å². The van der Waals surface area contributed by atoms with Gasteiger partial charge < -0.3 is 15.3 Å². The van der Waals surface area contributed by atoms with Crippen LogP contribution in [0.15, 0.2) is 18.2 Å². The zero-order chi connectivity index (χ0) is 15.8. The molecule has 0 bridgehead atoms. The van der Waals surface area contributed by atoms with Crippen LogP contribution < -0.4 is 5.32 Å². The van der Waals surface area contributed by atoms with Crippen LogP contribution in [0.5, 0.6) is 0 Å². The zero-order valence-electron chi connectivity index (χ0n) is 12.4. The van der Waals surface area contributed by atoms with E-state index in [4.69, 9.17) is 5.11 Å². The number of aliphatic hydroxyl groups excluding tert-OH is 1. The predicted molar refractivity (Wildman–Crippen MR) is 76.9 cm³/mol. The average molecular weight is 300 g/mol. The maximum Gasteiger partial charge on any atom is 0.317 e. The van der Waals surface area contributed by atoms with Gasteiger partial charge >= 0.3 is 6.03 Å². The second-order valence-corrected chi connectivity index (χ2v) is 4.91. The first kappa shape index (κ1) is 17.4. The number of urea groups is 1. The number of nitrogens with one attached hydrogen (secondary N) is 1. The number of amides is 2. The lowest BCUT2D eigenvalue weighted by atomic mass is 10.1. The lowest BCUT2D eigenvalue weighted by molar-refractivity contribution is 0.173. The summed E-state index contributed by atoms with van der Waals surface area (Å²) in [5, 5.41) is 11.7. The Hall–Kier alpha value is -1.69. The number of carbonyl (C=O) groups excluding carboxylic acids is 1. The van der Waals surface area contributed by atoms with Crippen LogP contribution in [0.2, 0.25) is 0 Å². The minimum atomic E-state index is -0.938. The summed E-state index contributed by atoms with van der Waals surface area (Å²) < 4.78 is 26.1. The quantitative estimate of drug-likeness (QED) is 0.813. The lowest BCUT2D eigenvalue weighted by Gasteiger charge is -2.24. The summed E-state index contributed by atoms with van der Waals surface area (Å²) in [6.45, 7) is 4.39. The highest BCUT2D eigenvalue weighted by atomic mass is 19.2. The molecule has 2 amide bonds. The molecule has 0 aromatic heterocycles. The van der Waals surface area contributed by atoms with Gasteiger partial charge in [-0.25, -0.2) is 13.6 Å². The minimum Gasteiger partial charge on any atom is -0.395 e. The van der Waals surface area contributed by atoms with Gasteiger partial charge in [0.25, 0.3) is 0 Å². The van der Waals surface area contributed by atoms with Crippen LogP contribution >= 0.6 is 0 Å². The Bertz CT molecular complexity index is 469. The first-order chi connectivity index (χ1) is 9.99. The highest BCUT2D eigenvalue weighted by molar-refractivity contribution is 5.74. The van der Waals surface area contributed by atoms with Crippen molar-refractivity contribution in [3.8, 4) is 0 Å². The van der Waals surface area contributed by atoms with E-state index in [0.717, 1.165) is 25.0 Å². The molecule has 0 spiro atoms. The Morgan fingerprint density at radius 1 is 1.33 bits per heavy atom. The monoisotopic (exact) mass is 300 g/mol. The average Bonchev–Trinajstić information content (AvgIpc) is 2.46. The smallest absolute Gasteiger partial charge is 0.317 e. The van der Waals surface area contributed by atoms with Crippen molar-refractivity contribution in [2.75, 3.05) is 19.7 Å². The van der Waals surface area contributed by atoms with Crippen LogP contribution in [0.4, 0.5) is 13.6 Å². The molecule has 1 aromatic rings. The second kappa shape index (κ2) is 8.56. The Morgan fingerprint density at radius 3 is 2.62 bits per heavy atom. The van der Waals surface area contributed by atoms with Gasteiger partial charge in [-0.05, 0) is 31.0 Å². The van der Waals surface area contributed by atoms with Gasteiger partial charge in [-0.15, -0.1) is 0 Å². The number of benzene rings is 1. The Kier molecular flexibility index (Phi) is 7.08. The summed E-state index contributed by atoms with van der Waals surface area (Å²) >= 11 is 0. The van der Waals surface area contributed by atoms with Gasteiger partial charge in [0.1, 0.15) is 0 Å². The number of nitrogens with zero attached hydrogens (tertiary/aromatic N) is 1. The number of rotatable bonds is 7. The van der Waals surface area contributed by atoms with Gasteiger partial charge in [0.2, 0.25) is 0 Å². The first-order valence-electron chi connectivity index (χ1n) is 7.10. The number of aliphatic hydroxyl groups is 1. The third kappa shape index (κ3) is 5.30. The largest absolute Gasteiger partial charge is 0.395 e. The third-order valence-corrected chi connectivity index (χ3v) is 3.22. The van der Waals surface area contributed by atoms with Crippen molar-refractivity contribution in [2.45, 2.75) is 32.7 Å². The normalized spacial score (nSPS) is 12.0. The van der Waals surface area contributed by atoms with E-state index in [1.54, 1.807) is 6.92 Å². The van der Waals surface area contributed by atoms with Crippen LogP contribution in [0.1, 0.15) is 38.3 Å². The van der Waals surface area contributed by atoms with Gasteiger partial charge in [0.15, 0.2) is 11.6 Å². The topological polar surface area (TPSA) is 52.6 Å². The molecule has 21 heavy (non-hydrogen) atoms. The van der Waals surface area contributed by atoms with Crippen LogP contribution in [-0.2, 0) is 0 Å². The lowest BCUT2D eigenvalue weighted by Crippen LogP contribution is -2.43. The molecule has 0 radical (unpaired) electrons. The summed E-state index contributed by atoms with van der Waals surface area (Å²) in [4.78, 5) is 13.6. The maximum absolute atomic E-state index is 13.2. The van der Waals surface area contributed by atoms with Gasteiger partial charge in [-0.1, -0.05) is 19.4 Å². The summed E-state index contributed by atoms with van der Waals surface area (Å²) in [7, 11) is 0. The molecule has 0 aliphatic carbocycles. The minimum absolute atomic E-state index is 0.114. The molecule has 1 rings (SSSR count). The molecule has 4 nitrogen and oxygen atoms in total. The molecule has 0 saturated heterocycles. The number of unbranched alkanes of at least 4 members (excludes halogenated alkanes) is 1. The van der Waals surface area contributed by atoms with Crippen molar-refractivity contribution in [3.63, 3.8) is 0 Å². The van der Waals surface area contributed by atoms with Crippen LogP contribution in [0, 0.1) is 11.6 Å². The van der Waals surface area contributed by atoms with Gasteiger partial charge in [-0.2, -0.15) is 0 Å².